The summed E-state index contributed by atoms with van der Waals surface area (Å²) in [6.45, 7) is 14.6. The molecule has 4 heteroatoms. The van der Waals surface area contributed by atoms with Crippen LogP contribution in [0.2, 0.25) is 0 Å². The van der Waals surface area contributed by atoms with Gasteiger partial charge in [-0.2, -0.15) is 0 Å². The average molecular weight is 356 g/mol. The van der Waals surface area contributed by atoms with Gasteiger partial charge in [0.25, 0.3) is 0 Å². The smallest absolute Gasteiger partial charge is 0.124 e. The second kappa shape index (κ2) is 7.63. The number of hydrogen-bond donors (Lipinski definition) is 2. The quantitative estimate of drug-likeness (QED) is 0.798. The van der Waals surface area contributed by atoms with Gasteiger partial charge in [-0.1, -0.05) is 47.6 Å². The molecule has 0 aromatic heterocycles. The zero-order chi connectivity index (χ0) is 17.4. The molecule has 0 bridgehead atoms. The number of nitrogens with two attached hydrogens (primary N) is 1. The summed E-state index contributed by atoms with van der Waals surface area (Å²) in [6.07, 6.45) is 1.93. The fourth-order valence-corrected chi connectivity index (χ4v) is 3.24. The van der Waals surface area contributed by atoms with Crippen LogP contribution in [0.3, 0.4) is 0 Å². The third kappa shape index (κ3) is 4.65. The summed E-state index contributed by atoms with van der Waals surface area (Å²) in [6, 6.07) is 4.13. The molecule has 3 nitrogen and oxygen atoms in total. The van der Waals surface area contributed by atoms with Gasteiger partial charge in [-0.15, -0.1) is 12.4 Å². The molecule has 1 aliphatic rings. The molecule has 1 heterocycles. The molecule has 1 fully saturated rings. The Morgan fingerprint density at radius 2 is 1.58 bits per heavy atom. The van der Waals surface area contributed by atoms with Gasteiger partial charge in [0.05, 0.1) is 0 Å². The van der Waals surface area contributed by atoms with Gasteiger partial charge in [-0.25, -0.2) is 0 Å². The van der Waals surface area contributed by atoms with Gasteiger partial charge < -0.3 is 15.6 Å². The van der Waals surface area contributed by atoms with Crippen LogP contribution in [0.4, 0.5) is 0 Å². The summed E-state index contributed by atoms with van der Waals surface area (Å²) in [5.41, 5.74) is 9.61. The van der Waals surface area contributed by atoms with Gasteiger partial charge in [0.2, 0.25) is 0 Å². The lowest BCUT2D eigenvalue weighted by molar-refractivity contribution is 0.0580. The Bertz CT molecular complexity index is 552. The average Bonchev–Trinajstić information content (AvgIpc) is 2.45. The lowest BCUT2D eigenvalue weighted by atomic mass is 9.76. The maximum atomic E-state index is 10.9. The Morgan fingerprint density at radius 3 is 2.04 bits per heavy atom. The van der Waals surface area contributed by atoms with Crippen molar-refractivity contribution in [3.05, 3.63) is 28.8 Å². The van der Waals surface area contributed by atoms with Gasteiger partial charge in [-0.05, 0) is 46.8 Å². The van der Waals surface area contributed by atoms with Crippen molar-refractivity contribution < 1.29 is 9.84 Å². The van der Waals surface area contributed by atoms with E-state index in [-0.39, 0.29) is 29.3 Å². The molecule has 138 valence electrons. The summed E-state index contributed by atoms with van der Waals surface area (Å²) in [7, 11) is 0. The van der Waals surface area contributed by atoms with E-state index in [1.54, 1.807) is 0 Å². The topological polar surface area (TPSA) is 55.5 Å². The molecule has 1 aromatic carbocycles. The molecule has 1 aliphatic heterocycles. The van der Waals surface area contributed by atoms with Crippen molar-refractivity contribution >= 4 is 12.4 Å². The van der Waals surface area contributed by atoms with E-state index < -0.39 is 0 Å². The van der Waals surface area contributed by atoms with E-state index in [2.05, 4.69) is 53.7 Å². The molecular weight excluding hydrogens is 322 g/mol. The molecule has 2 rings (SSSR count). The highest BCUT2D eigenvalue weighted by molar-refractivity contribution is 5.85. The third-order valence-corrected chi connectivity index (χ3v) is 4.95. The molecule has 24 heavy (non-hydrogen) atoms. The first-order chi connectivity index (χ1) is 10.5. The van der Waals surface area contributed by atoms with E-state index in [1.165, 1.54) is 5.56 Å². The van der Waals surface area contributed by atoms with Gasteiger partial charge in [-0.3, -0.25) is 0 Å². The van der Waals surface area contributed by atoms with Crippen molar-refractivity contribution in [2.45, 2.75) is 71.3 Å². The van der Waals surface area contributed by atoms with Crippen LogP contribution in [0.15, 0.2) is 12.1 Å². The van der Waals surface area contributed by atoms with Crippen molar-refractivity contribution in [3.8, 4) is 5.75 Å². The summed E-state index contributed by atoms with van der Waals surface area (Å²) in [4.78, 5) is 0. The van der Waals surface area contributed by atoms with Crippen LogP contribution >= 0.6 is 12.4 Å². The summed E-state index contributed by atoms with van der Waals surface area (Å²) in [5, 5.41) is 10.9. The molecule has 1 atom stereocenters. The highest BCUT2D eigenvalue weighted by Crippen LogP contribution is 2.42. The Labute approximate surface area is 153 Å². The second-order valence-electron chi connectivity index (χ2n) is 8.94. The van der Waals surface area contributed by atoms with E-state index in [9.17, 15) is 5.11 Å². The largest absolute Gasteiger partial charge is 0.507 e. The molecule has 0 unspecified atom stereocenters. The van der Waals surface area contributed by atoms with Crippen molar-refractivity contribution in [3.63, 3.8) is 0 Å². The molecule has 0 amide bonds. The van der Waals surface area contributed by atoms with E-state index >= 15 is 0 Å². The zero-order valence-corrected chi connectivity index (χ0v) is 16.8. The Hall–Kier alpha value is -0.770. The molecule has 3 N–H and O–H groups in total. The number of rotatable bonds is 2. The molecule has 1 saturated heterocycles. The molecule has 0 spiro atoms. The van der Waals surface area contributed by atoms with Crippen LogP contribution in [-0.2, 0) is 15.6 Å². The molecule has 0 aliphatic carbocycles. The monoisotopic (exact) mass is 355 g/mol. The first kappa shape index (κ1) is 21.3. The van der Waals surface area contributed by atoms with Crippen LogP contribution in [0.5, 0.6) is 5.75 Å². The normalized spacial score (nSPS) is 18.1. The first-order valence-corrected chi connectivity index (χ1v) is 8.73. The Balaban J connectivity index is 0.00000288. The second-order valence-corrected chi connectivity index (χ2v) is 8.94. The van der Waals surface area contributed by atoms with Crippen molar-refractivity contribution in [1.29, 1.82) is 0 Å². The van der Waals surface area contributed by atoms with E-state index in [0.717, 1.165) is 37.2 Å². The first-order valence-electron chi connectivity index (χ1n) is 8.73. The number of phenols is 1. The molecule has 0 radical (unpaired) electrons. The van der Waals surface area contributed by atoms with Crippen molar-refractivity contribution in [1.82, 2.24) is 0 Å². The number of phenolic OH excluding ortho intramolecular Hbond substituents is 1. The number of aromatic hydroxyl groups is 1. The summed E-state index contributed by atoms with van der Waals surface area (Å²) >= 11 is 0. The summed E-state index contributed by atoms with van der Waals surface area (Å²) < 4.78 is 5.45. The Kier molecular flexibility index (Phi) is 6.77. The molecular formula is C20H34ClNO2. The Morgan fingerprint density at radius 1 is 1.04 bits per heavy atom. The minimum Gasteiger partial charge on any atom is -0.507 e. The lowest BCUT2D eigenvalue weighted by Crippen LogP contribution is -2.28. The number of ether oxygens (including phenoxy) is 1. The van der Waals surface area contributed by atoms with Gasteiger partial charge >= 0.3 is 0 Å². The number of halogens is 1. The van der Waals surface area contributed by atoms with Gasteiger partial charge in [0, 0.05) is 24.8 Å². The highest BCUT2D eigenvalue weighted by Gasteiger charge is 2.30. The van der Waals surface area contributed by atoms with Crippen LogP contribution in [-0.4, -0.2) is 18.3 Å². The van der Waals surface area contributed by atoms with E-state index in [0.29, 0.717) is 11.7 Å². The minimum atomic E-state index is -0.137. The summed E-state index contributed by atoms with van der Waals surface area (Å²) in [5.74, 6) is 0.752. The molecule has 0 saturated carbocycles. The fourth-order valence-electron chi connectivity index (χ4n) is 3.24. The van der Waals surface area contributed by atoms with E-state index in [4.69, 9.17) is 10.5 Å². The predicted octanol–water partition coefficient (Wildman–Crippen LogP) is 4.84. The zero-order valence-electron chi connectivity index (χ0n) is 16.0. The third-order valence-electron chi connectivity index (χ3n) is 4.95. The van der Waals surface area contributed by atoms with Gasteiger partial charge in [0.15, 0.2) is 0 Å². The lowest BCUT2D eigenvalue weighted by Gasteiger charge is -2.32. The van der Waals surface area contributed by atoms with E-state index in [1.807, 2.05) is 0 Å². The van der Waals surface area contributed by atoms with Gasteiger partial charge in [0.1, 0.15) is 5.75 Å². The van der Waals surface area contributed by atoms with Crippen LogP contribution in [0, 0.1) is 5.92 Å². The maximum Gasteiger partial charge on any atom is 0.124 e. The van der Waals surface area contributed by atoms with Crippen molar-refractivity contribution in [2.75, 3.05) is 13.2 Å². The SMILES string of the molecule is CC(C)(C)c1cc([C@@H](N)C2CCOCC2)c(O)c(C(C)(C)C)c1.Cl. The molecule has 1 aromatic rings. The predicted molar refractivity (Wildman–Crippen MR) is 103 cm³/mol. The number of hydrogen-bond acceptors (Lipinski definition) is 3. The fraction of sp³-hybridized carbons (Fsp3) is 0.700. The maximum absolute atomic E-state index is 10.9. The number of benzene rings is 1. The van der Waals surface area contributed by atoms with Crippen LogP contribution < -0.4 is 5.73 Å². The van der Waals surface area contributed by atoms with Crippen LogP contribution in [0.25, 0.3) is 0 Å². The van der Waals surface area contributed by atoms with Crippen LogP contribution in [0.1, 0.15) is 77.1 Å². The highest BCUT2D eigenvalue weighted by atomic mass is 35.5. The minimum absolute atomic E-state index is 0. The standard InChI is InChI=1S/C20H33NO2.ClH/c1-19(2,3)14-11-15(17(21)13-7-9-23-10-8-13)18(22)16(12-14)20(4,5)6;/h11-13,17,22H,7-10,21H2,1-6H3;1H/t17-;/m0./s1. The van der Waals surface area contributed by atoms with Crippen molar-refractivity contribution in [2.24, 2.45) is 11.7 Å².